The second-order valence-corrected chi connectivity index (χ2v) is 8.32. The van der Waals surface area contributed by atoms with E-state index in [-0.39, 0.29) is 35.4 Å². The number of nitrogens with one attached hydrogen (secondary N) is 1. The molecule has 0 spiro atoms. The van der Waals surface area contributed by atoms with Gasteiger partial charge in [-0.05, 0) is 37.8 Å². The minimum atomic E-state index is -3.85. The van der Waals surface area contributed by atoms with Crippen molar-refractivity contribution in [3.63, 3.8) is 0 Å². The van der Waals surface area contributed by atoms with Gasteiger partial charge in [0.15, 0.2) is 0 Å². The summed E-state index contributed by atoms with van der Waals surface area (Å²) in [5.74, 6) is -0.628. The first-order chi connectivity index (χ1) is 12.2. The molecule has 11 heteroatoms. The fourth-order valence-corrected chi connectivity index (χ4v) is 5.22. The SMILES string of the molecule is Cc1cc([N+](=O)[O-])cc(C)c1S(=O)(=O)N1CCCC(C(=O)NCCN)C1.Cl. The van der Waals surface area contributed by atoms with Gasteiger partial charge in [0.1, 0.15) is 0 Å². The van der Waals surface area contributed by atoms with E-state index in [1.54, 1.807) is 13.8 Å². The van der Waals surface area contributed by atoms with Crippen LogP contribution in [0.15, 0.2) is 17.0 Å². The van der Waals surface area contributed by atoms with E-state index < -0.39 is 20.9 Å². The molecule has 1 saturated heterocycles. The number of amides is 1. The number of hydrogen-bond donors (Lipinski definition) is 2. The van der Waals surface area contributed by atoms with Crippen LogP contribution in [0.4, 0.5) is 5.69 Å². The summed E-state index contributed by atoms with van der Waals surface area (Å²) in [6.45, 7) is 4.17. The van der Waals surface area contributed by atoms with Gasteiger partial charge in [-0.2, -0.15) is 4.31 Å². The molecule has 1 aromatic rings. The Kier molecular flexibility index (Phi) is 8.15. The molecule has 0 radical (unpaired) electrons. The maximum atomic E-state index is 13.1. The number of hydrogen-bond acceptors (Lipinski definition) is 6. The zero-order valence-corrected chi connectivity index (χ0v) is 16.9. The van der Waals surface area contributed by atoms with Gasteiger partial charge in [0, 0.05) is 38.3 Å². The quantitative estimate of drug-likeness (QED) is 0.522. The fraction of sp³-hybridized carbons (Fsp3) is 0.562. The van der Waals surface area contributed by atoms with Crippen LogP contribution in [0.5, 0.6) is 0 Å². The Morgan fingerprint density at radius 2 is 1.96 bits per heavy atom. The van der Waals surface area contributed by atoms with Gasteiger partial charge in [0.2, 0.25) is 15.9 Å². The number of non-ortho nitro benzene ring substituents is 1. The van der Waals surface area contributed by atoms with Crippen molar-refractivity contribution in [1.29, 1.82) is 0 Å². The van der Waals surface area contributed by atoms with Crippen molar-refractivity contribution in [2.75, 3.05) is 26.2 Å². The standard InChI is InChI=1S/C16H24N4O5S.ClH/c1-11-8-14(20(22)23)9-12(2)15(11)26(24,25)19-7-3-4-13(10-19)16(21)18-6-5-17;/h8-9,13H,3-7,10,17H2,1-2H3,(H,18,21);1H. The van der Waals surface area contributed by atoms with Crippen molar-refractivity contribution >= 4 is 34.0 Å². The summed E-state index contributed by atoms with van der Waals surface area (Å²) in [5.41, 5.74) is 5.89. The van der Waals surface area contributed by atoms with Crippen molar-refractivity contribution in [2.24, 2.45) is 11.7 Å². The van der Waals surface area contributed by atoms with Crippen molar-refractivity contribution in [2.45, 2.75) is 31.6 Å². The Morgan fingerprint density at radius 3 is 2.48 bits per heavy atom. The fourth-order valence-electron chi connectivity index (χ4n) is 3.28. The predicted octanol–water partition coefficient (Wildman–Crippen LogP) is 1.11. The summed E-state index contributed by atoms with van der Waals surface area (Å²) in [5, 5.41) is 13.7. The number of nitro benzene ring substituents is 1. The van der Waals surface area contributed by atoms with E-state index in [4.69, 9.17) is 5.73 Å². The highest BCUT2D eigenvalue weighted by molar-refractivity contribution is 7.89. The molecule has 3 N–H and O–H groups in total. The molecule has 27 heavy (non-hydrogen) atoms. The molecule has 0 aliphatic carbocycles. The van der Waals surface area contributed by atoms with Crippen LogP contribution in [-0.2, 0) is 14.8 Å². The summed E-state index contributed by atoms with van der Waals surface area (Å²) in [6, 6.07) is 2.52. The molecule has 1 aliphatic heterocycles. The Hall–Kier alpha value is -1.75. The van der Waals surface area contributed by atoms with Gasteiger partial charge in [-0.1, -0.05) is 0 Å². The van der Waals surface area contributed by atoms with Crippen LogP contribution in [0.1, 0.15) is 24.0 Å². The number of nitro groups is 1. The van der Waals surface area contributed by atoms with Gasteiger partial charge < -0.3 is 11.1 Å². The minimum absolute atomic E-state index is 0. The number of sulfonamides is 1. The molecule has 0 saturated carbocycles. The minimum Gasteiger partial charge on any atom is -0.355 e. The summed E-state index contributed by atoms with van der Waals surface area (Å²) >= 11 is 0. The summed E-state index contributed by atoms with van der Waals surface area (Å²) < 4.78 is 27.5. The maximum Gasteiger partial charge on any atom is 0.270 e. The molecule has 1 unspecified atom stereocenters. The van der Waals surface area contributed by atoms with Crippen LogP contribution in [0, 0.1) is 29.9 Å². The van der Waals surface area contributed by atoms with E-state index in [1.807, 2.05) is 0 Å². The smallest absolute Gasteiger partial charge is 0.270 e. The average Bonchev–Trinajstić information content (AvgIpc) is 2.58. The van der Waals surface area contributed by atoms with E-state index >= 15 is 0 Å². The summed E-state index contributed by atoms with van der Waals surface area (Å²) in [7, 11) is -3.85. The lowest BCUT2D eigenvalue weighted by Crippen LogP contribution is -2.46. The van der Waals surface area contributed by atoms with Crippen LogP contribution < -0.4 is 11.1 Å². The zero-order chi connectivity index (χ0) is 19.5. The third-order valence-electron chi connectivity index (χ3n) is 4.45. The molecular weight excluding hydrogens is 396 g/mol. The molecule has 0 bridgehead atoms. The molecule has 152 valence electrons. The first-order valence-electron chi connectivity index (χ1n) is 8.42. The molecule has 1 aromatic carbocycles. The third-order valence-corrected chi connectivity index (χ3v) is 6.62. The van der Waals surface area contributed by atoms with Crippen LogP contribution >= 0.6 is 12.4 Å². The lowest BCUT2D eigenvalue weighted by Gasteiger charge is -2.32. The maximum absolute atomic E-state index is 13.1. The zero-order valence-electron chi connectivity index (χ0n) is 15.3. The Balaban J connectivity index is 0.00000364. The van der Waals surface area contributed by atoms with E-state index in [1.165, 1.54) is 16.4 Å². The number of benzene rings is 1. The number of rotatable bonds is 6. The second kappa shape index (κ2) is 9.45. The lowest BCUT2D eigenvalue weighted by molar-refractivity contribution is -0.385. The van der Waals surface area contributed by atoms with Crippen LogP contribution in [0.3, 0.4) is 0 Å². The van der Waals surface area contributed by atoms with Crippen LogP contribution in [0.2, 0.25) is 0 Å². The molecule has 1 amide bonds. The highest BCUT2D eigenvalue weighted by Crippen LogP contribution is 2.30. The van der Waals surface area contributed by atoms with Crippen LogP contribution in [-0.4, -0.2) is 49.7 Å². The number of halogens is 1. The molecule has 1 heterocycles. The highest BCUT2D eigenvalue weighted by Gasteiger charge is 2.35. The summed E-state index contributed by atoms with van der Waals surface area (Å²) in [6.07, 6.45) is 1.19. The van der Waals surface area contributed by atoms with Crippen molar-refractivity contribution in [3.05, 3.63) is 33.4 Å². The predicted molar refractivity (Wildman–Crippen MR) is 103 cm³/mol. The normalized spacial score (nSPS) is 17.8. The Bertz CT molecular complexity index is 792. The van der Waals surface area contributed by atoms with Gasteiger partial charge in [-0.3, -0.25) is 14.9 Å². The number of nitrogens with two attached hydrogens (primary N) is 1. The largest absolute Gasteiger partial charge is 0.355 e. The molecular formula is C16H25ClN4O5S. The average molecular weight is 421 g/mol. The number of carbonyl (C=O) groups is 1. The molecule has 0 aromatic heterocycles. The Labute approximate surface area is 164 Å². The first kappa shape index (κ1) is 23.3. The van der Waals surface area contributed by atoms with Gasteiger partial charge in [0.05, 0.1) is 15.7 Å². The topological polar surface area (TPSA) is 136 Å². The summed E-state index contributed by atoms with van der Waals surface area (Å²) in [4.78, 5) is 22.6. The Morgan fingerprint density at radius 1 is 1.37 bits per heavy atom. The first-order valence-corrected chi connectivity index (χ1v) is 9.86. The number of nitrogens with zero attached hydrogens (tertiary/aromatic N) is 2. The second-order valence-electron chi connectivity index (χ2n) is 6.45. The van der Waals surface area contributed by atoms with Crippen molar-refractivity contribution in [1.82, 2.24) is 9.62 Å². The molecule has 2 rings (SSSR count). The highest BCUT2D eigenvalue weighted by atomic mass is 35.5. The lowest BCUT2D eigenvalue weighted by atomic mass is 9.99. The number of carbonyl (C=O) groups excluding carboxylic acids is 1. The molecule has 9 nitrogen and oxygen atoms in total. The molecule has 1 aliphatic rings. The van der Waals surface area contributed by atoms with Crippen molar-refractivity contribution in [3.8, 4) is 0 Å². The van der Waals surface area contributed by atoms with Crippen molar-refractivity contribution < 1.29 is 18.1 Å². The number of piperidine rings is 1. The van der Waals surface area contributed by atoms with Crippen LogP contribution in [0.25, 0.3) is 0 Å². The van der Waals surface area contributed by atoms with E-state index in [2.05, 4.69) is 5.32 Å². The molecule has 1 atom stereocenters. The van der Waals surface area contributed by atoms with Gasteiger partial charge in [-0.15, -0.1) is 12.4 Å². The third kappa shape index (κ3) is 5.16. The monoisotopic (exact) mass is 420 g/mol. The van der Waals surface area contributed by atoms with E-state index in [0.717, 1.165) is 0 Å². The van der Waals surface area contributed by atoms with E-state index in [0.29, 0.717) is 43.6 Å². The van der Waals surface area contributed by atoms with Gasteiger partial charge in [-0.25, -0.2) is 8.42 Å². The van der Waals surface area contributed by atoms with E-state index in [9.17, 15) is 23.3 Å². The van der Waals surface area contributed by atoms with Gasteiger partial charge in [0.25, 0.3) is 5.69 Å². The van der Waals surface area contributed by atoms with Gasteiger partial charge >= 0.3 is 0 Å². The molecule has 1 fully saturated rings. The number of aryl methyl sites for hydroxylation is 2.